The summed E-state index contributed by atoms with van der Waals surface area (Å²) < 4.78 is 5.61. The van der Waals surface area contributed by atoms with Crippen LogP contribution < -0.4 is 5.73 Å². The van der Waals surface area contributed by atoms with E-state index in [1.165, 1.54) is 11.3 Å². The van der Waals surface area contributed by atoms with Crippen LogP contribution in [0.4, 0.5) is 5.82 Å². The molecule has 0 atom stereocenters. The van der Waals surface area contributed by atoms with Crippen LogP contribution in [0, 0.1) is 0 Å². The first-order valence-corrected chi connectivity index (χ1v) is 4.92. The molecule has 2 aromatic rings. The Morgan fingerprint density at radius 2 is 2.15 bits per heavy atom. The zero-order valence-electron chi connectivity index (χ0n) is 6.25. The highest BCUT2D eigenvalue weighted by atomic mass is 35.5. The van der Waals surface area contributed by atoms with Crippen molar-refractivity contribution >= 4 is 40.4 Å². The highest BCUT2D eigenvalue weighted by Crippen LogP contribution is 2.37. The standard InChI is InChI=1S/C7H4Cl2N2OS/c8-4-2-1-3(13-4)6-5(9)7(10)11-12-6/h1-2H,(H2,10,11). The summed E-state index contributed by atoms with van der Waals surface area (Å²) in [5.41, 5.74) is 5.42. The second-order valence-electron chi connectivity index (χ2n) is 2.31. The Kier molecular flexibility index (Phi) is 2.19. The minimum Gasteiger partial charge on any atom is -0.380 e. The van der Waals surface area contributed by atoms with Crippen molar-refractivity contribution in [1.29, 1.82) is 0 Å². The molecular formula is C7H4Cl2N2OS. The van der Waals surface area contributed by atoms with Crippen molar-refractivity contribution in [3.63, 3.8) is 0 Å². The number of aromatic nitrogens is 1. The molecule has 68 valence electrons. The Hall–Kier alpha value is -0.710. The van der Waals surface area contributed by atoms with Gasteiger partial charge in [-0.1, -0.05) is 28.4 Å². The van der Waals surface area contributed by atoms with E-state index in [1.54, 1.807) is 12.1 Å². The molecule has 0 amide bonds. The monoisotopic (exact) mass is 234 g/mol. The van der Waals surface area contributed by atoms with Gasteiger partial charge in [0.05, 0.1) is 9.21 Å². The van der Waals surface area contributed by atoms with Crippen LogP contribution in [0.1, 0.15) is 0 Å². The van der Waals surface area contributed by atoms with Crippen molar-refractivity contribution in [3.8, 4) is 10.6 Å². The number of hydrogen-bond acceptors (Lipinski definition) is 4. The van der Waals surface area contributed by atoms with E-state index in [0.717, 1.165) is 4.88 Å². The van der Waals surface area contributed by atoms with Gasteiger partial charge in [-0.25, -0.2) is 0 Å². The number of hydrogen-bond donors (Lipinski definition) is 1. The summed E-state index contributed by atoms with van der Waals surface area (Å²) in [5.74, 6) is 0.664. The predicted octanol–water partition coefficient (Wildman–Crippen LogP) is 3.29. The topological polar surface area (TPSA) is 52.0 Å². The van der Waals surface area contributed by atoms with E-state index >= 15 is 0 Å². The first-order valence-electron chi connectivity index (χ1n) is 3.35. The van der Waals surface area contributed by atoms with Crippen molar-refractivity contribution in [3.05, 3.63) is 21.5 Å². The van der Waals surface area contributed by atoms with Gasteiger partial charge in [0.2, 0.25) is 0 Å². The van der Waals surface area contributed by atoms with E-state index in [9.17, 15) is 0 Å². The number of nitrogens with zero attached hydrogens (tertiary/aromatic N) is 1. The molecule has 0 aliphatic carbocycles. The molecule has 2 N–H and O–H groups in total. The van der Waals surface area contributed by atoms with Crippen LogP contribution >= 0.6 is 34.5 Å². The average Bonchev–Trinajstić information content (AvgIpc) is 2.62. The molecule has 0 saturated heterocycles. The SMILES string of the molecule is Nc1noc(-c2ccc(Cl)s2)c1Cl. The Bertz CT molecular complexity index is 437. The molecule has 0 aliphatic heterocycles. The molecule has 0 saturated carbocycles. The van der Waals surface area contributed by atoms with Crippen molar-refractivity contribution in [2.75, 3.05) is 5.73 Å². The van der Waals surface area contributed by atoms with Gasteiger partial charge in [0.15, 0.2) is 11.6 Å². The summed E-state index contributed by atoms with van der Waals surface area (Å²) >= 11 is 12.9. The van der Waals surface area contributed by atoms with Gasteiger partial charge in [0, 0.05) is 0 Å². The summed E-state index contributed by atoms with van der Waals surface area (Å²) in [7, 11) is 0. The molecule has 2 heterocycles. The molecular weight excluding hydrogens is 231 g/mol. The number of thiophene rings is 1. The maximum Gasteiger partial charge on any atom is 0.197 e. The number of halogens is 2. The van der Waals surface area contributed by atoms with Gasteiger partial charge in [-0.05, 0) is 12.1 Å². The first-order chi connectivity index (χ1) is 6.18. The molecule has 0 aliphatic rings. The van der Waals surface area contributed by atoms with Crippen molar-refractivity contribution in [1.82, 2.24) is 5.16 Å². The van der Waals surface area contributed by atoms with E-state index in [4.69, 9.17) is 33.5 Å². The summed E-state index contributed by atoms with van der Waals surface area (Å²) in [6, 6.07) is 3.56. The smallest absolute Gasteiger partial charge is 0.197 e. The molecule has 2 rings (SSSR count). The van der Waals surface area contributed by atoms with E-state index in [2.05, 4.69) is 5.16 Å². The number of anilines is 1. The lowest BCUT2D eigenvalue weighted by Crippen LogP contribution is -1.82. The van der Waals surface area contributed by atoms with Gasteiger partial charge in [-0.2, -0.15) is 0 Å². The van der Waals surface area contributed by atoms with Crippen LogP contribution in [0.25, 0.3) is 10.6 Å². The zero-order chi connectivity index (χ0) is 9.42. The van der Waals surface area contributed by atoms with Crippen LogP contribution in [0.15, 0.2) is 16.7 Å². The van der Waals surface area contributed by atoms with Gasteiger partial charge in [0.1, 0.15) is 5.02 Å². The number of nitrogen functional groups attached to an aromatic ring is 1. The molecule has 0 bridgehead atoms. The lowest BCUT2D eigenvalue weighted by atomic mass is 10.3. The molecule has 0 spiro atoms. The Labute approximate surface area is 88.0 Å². The minimum absolute atomic E-state index is 0.196. The van der Waals surface area contributed by atoms with E-state index < -0.39 is 0 Å². The third-order valence-corrected chi connectivity index (χ3v) is 3.05. The third-order valence-electron chi connectivity index (χ3n) is 1.46. The Balaban J connectivity index is 2.52. The van der Waals surface area contributed by atoms with Crippen molar-refractivity contribution in [2.45, 2.75) is 0 Å². The molecule has 3 nitrogen and oxygen atoms in total. The van der Waals surface area contributed by atoms with Crippen LogP contribution in [0.2, 0.25) is 9.36 Å². The number of rotatable bonds is 1. The molecule has 0 unspecified atom stereocenters. The van der Waals surface area contributed by atoms with Gasteiger partial charge in [0.25, 0.3) is 0 Å². The Morgan fingerprint density at radius 3 is 2.62 bits per heavy atom. The summed E-state index contributed by atoms with van der Waals surface area (Å²) in [6.45, 7) is 0. The molecule has 2 aromatic heterocycles. The molecule has 0 aromatic carbocycles. The highest BCUT2D eigenvalue weighted by molar-refractivity contribution is 7.19. The highest BCUT2D eigenvalue weighted by Gasteiger charge is 2.14. The first kappa shape index (κ1) is 8.87. The Morgan fingerprint density at radius 1 is 1.38 bits per heavy atom. The van der Waals surface area contributed by atoms with Crippen LogP contribution in [-0.4, -0.2) is 5.16 Å². The maximum atomic E-state index is 5.83. The summed E-state index contributed by atoms with van der Waals surface area (Å²) in [6.07, 6.45) is 0. The number of nitrogens with two attached hydrogens (primary N) is 1. The normalized spacial score (nSPS) is 10.6. The predicted molar refractivity (Wildman–Crippen MR) is 54.2 cm³/mol. The maximum absolute atomic E-state index is 5.83. The quantitative estimate of drug-likeness (QED) is 0.824. The van der Waals surface area contributed by atoms with Gasteiger partial charge in [-0.3, -0.25) is 0 Å². The largest absolute Gasteiger partial charge is 0.380 e. The lowest BCUT2D eigenvalue weighted by Gasteiger charge is -1.87. The van der Waals surface area contributed by atoms with E-state index in [-0.39, 0.29) is 5.82 Å². The van der Waals surface area contributed by atoms with Gasteiger partial charge < -0.3 is 10.3 Å². The van der Waals surface area contributed by atoms with E-state index in [0.29, 0.717) is 15.1 Å². The second kappa shape index (κ2) is 3.21. The minimum atomic E-state index is 0.196. The summed E-state index contributed by atoms with van der Waals surface area (Å²) in [4.78, 5) is 0.819. The summed E-state index contributed by atoms with van der Waals surface area (Å²) in [5, 5.41) is 3.87. The third kappa shape index (κ3) is 1.52. The fourth-order valence-electron chi connectivity index (χ4n) is 0.881. The molecule has 0 fully saturated rings. The lowest BCUT2D eigenvalue weighted by molar-refractivity contribution is 0.436. The fraction of sp³-hybridized carbons (Fsp3) is 0. The van der Waals surface area contributed by atoms with Gasteiger partial charge >= 0.3 is 0 Å². The van der Waals surface area contributed by atoms with Crippen molar-refractivity contribution in [2.24, 2.45) is 0 Å². The average molecular weight is 235 g/mol. The molecule has 13 heavy (non-hydrogen) atoms. The fourth-order valence-corrected chi connectivity index (χ4v) is 2.13. The van der Waals surface area contributed by atoms with Crippen LogP contribution in [0.5, 0.6) is 0 Å². The second-order valence-corrected chi connectivity index (χ2v) is 4.41. The molecule has 0 radical (unpaired) electrons. The van der Waals surface area contributed by atoms with Crippen molar-refractivity contribution < 1.29 is 4.52 Å². The molecule has 6 heteroatoms. The van der Waals surface area contributed by atoms with E-state index in [1.807, 2.05) is 0 Å². The van der Waals surface area contributed by atoms with Gasteiger partial charge in [-0.15, -0.1) is 11.3 Å². The van der Waals surface area contributed by atoms with Crippen LogP contribution in [-0.2, 0) is 0 Å². The zero-order valence-corrected chi connectivity index (χ0v) is 8.58. The van der Waals surface area contributed by atoms with Crippen LogP contribution in [0.3, 0.4) is 0 Å².